The van der Waals surface area contributed by atoms with Crippen LogP contribution in [0, 0.1) is 0 Å². The van der Waals surface area contributed by atoms with Gasteiger partial charge in [-0.25, -0.2) is 0 Å². The second-order valence-corrected chi connectivity index (χ2v) is 6.20. The van der Waals surface area contributed by atoms with Gasteiger partial charge in [-0.05, 0) is 27.2 Å². The van der Waals surface area contributed by atoms with E-state index < -0.39 is 0 Å². The molecule has 3 heteroatoms. The molecule has 108 valence electrons. The Morgan fingerprint density at radius 2 is 2.11 bits per heavy atom. The summed E-state index contributed by atoms with van der Waals surface area (Å²) in [5, 5.41) is 3.64. The van der Waals surface area contributed by atoms with E-state index in [9.17, 15) is 0 Å². The number of rotatable bonds is 8. The average molecular weight is 256 g/mol. The molecule has 0 saturated carbocycles. The van der Waals surface area contributed by atoms with Crippen LogP contribution in [-0.4, -0.2) is 49.3 Å². The highest BCUT2D eigenvalue weighted by molar-refractivity contribution is 4.84. The predicted molar refractivity (Wildman–Crippen MR) is 78.1 cm³/mol. The van der Waals surface area contributed by atoms with Gasteiger partial charge in [0.2, 0.25) is 0 Å². The van der Waals surface area contributed by atoms with Crippen LogP contribution in [-0.2, 0) is 4.74 Å². The molecule has 0 bridgehead atoms. The van der Waals surface area contributed by atoms with Crippen LogP contribution >= 0.6 is 0 Å². The zero-order valence-corrected chi connectivity index (χ0v) is 12.8. The lowest BCUT2D eigenvalue weighted by Crippen LogP contribution is -2.54. The molecule has 0 aromatic heterocycles. The minimum Gasteiger partial charge on any atom is -0.378 e. The molecule has 3 nitrogen and oxygen atoms in total. The van der Waals surface area contributed by atoms with Crippen LogP contribution < -0.4 is 5.32 Å². The first-order chi connectivity index (χ1) is 8.56. The van der Waals surface area contributed by atoms with Gasteiger partial charge in [0.15, 0.2) is 0 Å². The van der Waals surface area contributed by atoms with E-state index in [1.54, 1.807) is 0 Å². The molecule has 1 aliphatic rings. The molecule has 0 radical (unpaired) electrons. The van der Waals surface area contributed by atoms with E-state index in [-0.39, 0.29) is 5.54 Å². The molecule has 1 rings (SSSR count). The topological polar surface area (TPSA) is 24.5 Å². The quantitative estimate of drug-likeness (QED) is 0.676. The lowest BCUT2D eigenvalue weighted by molar-refractivity contribution is -0.0502. The molecular formula is C15H32N2O. The maximum Gasteiger partial charge on any atom is 0.0645 e. The molecular weight excluding hydrogens is 224 g/mol. The zero-order valence-electron chi connectivity index (χ0n) is 12.8. The maximum absolute atomic E-state index is 5.55. The summed E-state index contributed by atoms with van der Waals surface area (Å²) in [6.45, 7) is 14.2. The van der Waals surface area contributed by atoms with E-state index in [4.69, 9.17) is 4.74 Å². The first-order valence-electron chi connectivity index (χ1n) is 7.62. The van der Waals surface area contributed by atoms with Gasteiger partial charge in [0, 0.05) is 31.2 Å². The van der Waals surface area contributed by atoms with E-state index in [2.05, 4.69) is 37.9 Å². The number of hydrogen-bond acceptors (Lipinski definition) is 3. The van der Waals surface area contributed by atoms with Crippen molar-refractivity contribution in [1.29, 1.82) is 0 Å². The molecule has 0 aliphatic carbocycles. The number of hydrogen-bond donors (Lipinski definition) is 1. The lowest BCUT2D eigenvalue weighted by Gasteiger charge is -2.42. The molecule has 1 N–H and O–H groups in total. The van der Waals surface area contributed by atoms with E-state index in [0.717, 1.165) is 32.8 Å². The standard InChI is InChI=1S/C15H32N2O/c1-5-6-7-8-14(2)16-9-10-17-11-12-18-13-15(17,3)4/h14,16H,5-13H2,1-4H3. The summed E-state index contributed by atoms with van der Waals surface area (Å²) in [5.74, 6) is 0. The summed E-state index contributed by atoms with van der Waals surface area (Å²) in [7, 11) is 0. The van der Waals surface area contributed by atoms with Crippen LogP contribution in [0.15, 0.2) is 0 Å². The molecule has 0 aromatic rings. The van der Waals surface area contributed by atoms with Gasteiger partial charge in [0.1, 0.15) is 0 Å². The Morgan fingerprint density at radius 3 is 2.78 bits per heavy atom. The summed E-state index contributed by atoms with van der Waals surface area (Å²) in [5.41, 5.74) is 0.200. The molecule has 1 fully saturated rings. The fourth-order valence-electron chi connectivity index (χ4n) is 2.55. The Hall–Kier alpha value is -0.120. The summed E-state index contributed by atoms with van der Waals surface area (Å²) in [6, 6.07) is 0.653. The summed E-state index contributed by atoms with van der Waals surface area (Å²) >= 11 is 0. The Labute approximate surface area is 113 Å². The van der Waals surface area contributed by atoms with E-state index in [0.29, 0.717) is 6.04 Å². The van der Waals surface area contributed by atoms with Gasteiger partial charge in [-0.15, -0.1) is 0 Å². The number of unbranched alkanes of at least 4 members (excludes halogenated alkanes) is 2. The second kappa shape index (κ2) is 8.13. The van der Waals surface area contributed by atoms with Crippen LogP contribution in [0.1, 0.15) is 53.4 Å². The van der Waals surface area contributed by atoms with Gasteiger partial charge in [0.05, 0.1) is 13.2 Å². The van der Waals surface area contributed by atoms with Crippen LogP contribution in [0.2, 0.25) is 0 Å². The monoisotopic (exact) mass is 256 g/mol. The highest BCUT2D eigenvalue weighted by Gasteiger charge is 2.29. The summed E-state index contributed by atoms with van der Waals surface area (Å²) in [6.07, 6.45) is 5.34. The van der Waals surface area contributed by atoms with Crippen molar-refractivity contribution >= 4 is 0 Å². The van der Waals surface area contributed by atoms with Crippen molar-refractivity contribution < 1.29 is 4.74 Å². The second-order valence-electron chi connectivity index (χ2n) is 6.20. The average Bonchev–Trinajstić information content (AvgIpc) is 2.31. The predicted octanol–water partition coefficient (Wildman–Crippen LogP) is 2.66. The fourth-order valence-corrected chi connectivity index (χ4v) is 2.55. The molecule has 1 heterocycles. The third-order valence-electron chi connectivity index (χ3n) is 3.93. The lowest BCUT2D eigenvalue weighted by atomic mass is 10.0. The Kier molecular flexibility index (Phi) is 7.20. The Bertz CT molecular complexity index is 219. The summed E-state index contributed by atoms with van der Waals surface area (Å²) < 4.78 is 5.55. The fraction of sp³-hybridized carbons (Fsp3) is 1.00. The zero-order chi connectivity index (χ0) is 13.4. The highest BCUT2D eigenvalue weighted by atomic mass is 16.5. The molecule has 1 unspecified atom stereocenters. The van der Waals surface area contributed by atoms with Crippen LogP contribution in [0.5, 0.6) is 0 Å². The first kappa shape index (κ1) is 15.9. The maximum atomic E-state index is 5.55. The SMILES string of the molecule is CCCCCC(C)NCCN1CCOCC1(C)C. The van der Waals surface area contributed by atoms with Crippen molar-refractivity contribution in [2.45, 2.75) is 65.0 Å². The highest BCUT2D eigenvalue weighted by Crippen LogP contribution is 2.17. The minimum absolute atomic E-state index is 0.200. The number of nitrogens with one attached hydrogen (secondary N) is 1. The van der Waals surface area contributed by atoms with Crippen LogP contribution in [0.3, 0.4) is 0 Å². The third kappa shape index (κ3) is 5.68. The number of nitrogens with zero attached hydrogens (tertiary/aromatic N) is 1. The molecule has 1 aliphatic heterocycles. The largest absolute Gasteiger partial charge is 0.378 e. The van der Waals surface area contributed by atoms with Crippen molar-refractivity contribution in [2.75, 3.05) is 32.8 Å². The molecule has 1 atom stereocenters. The molecule has 0 spiro atoms. The van der Waals surface area contributed by atoms with Gasteiger partial charge in [0.25, 0.3) is 0 Å². The Balaban J connectivity index is 2.12. The van der Waals surface area contributed by atoms with E-state index in [1.165, 1.54) is 25.7 Å². The van der Waals surface area contributed by atoms with Gasteiger partial charge in [-0.3, -0.25) is 4.90 Å². The summed E-state index contributed by atoms with van der Waals surface area (Å²) in [4.78, 5) is 2.54. The van der Waals surface area contributed by atoms with Crippen molar-refractivity contribution in [3.05, 3.63) is 0 Å². The van der Waals surface area contributed by atoms with E-state index in [1.807, 2.05) is 0 Å². The smallest absolute Gasteiger partial charge is 0.0645 e. The molecule has 18 heavy (non-hydrogen) atoms. The molecule has 0 aromatic carbocycles. The van der Waals surface area contributed by atoms with Gasteiger partial charge in [-0.2, -0.15) is 0 Å². The van der Waals surface area contributed by atoms with Crippen LogP contribution in [0.25, 0.3) is 0 Å². The third-order valence-corrected chi connectivity index (χ3v) is 3.93. The van der Waals surface area contributed by atoms with Crippen molar-refractivity contribution in [3.8, 4) is 0 Å². The Morgan fingerprint density at radius 1 is 1.33 bits per heavy atom. The number of morpholine rings is 1. The van der Waals surface area contributed by atoms with Gasteiger partial charge in [-0.1, -0.05) is 26.2 Å². The minimum atomic E-state index is 0.200. The number of ether oxygens (including phenoxy) is 1. The van der Waals surface area contributed by atoms with E-state index >= 15 is 0 Å². The first-order valence-corrected chi connectivity index (χ1v) is 7.62. The molecule has 1 saturated heterocycles. The molecule has 0 amide bonds. The van der Waals surface area contributed by atoms with Crippen molar-refractivity contribution in [3.63, 3.8) is 0 Å². The van der Waals surface area contributed by atoms with Crippen LogP contribution in [0.4, 0.5) is 0 Å². The van der Waals surface area contributed by atoms with Crippen molar-refractivity contribution in [2.24, 2.45) is 0 Å². The van der Waals surface area contributed by atoms with Crippen molar-refractivity contribution in [1.82, 2.24) is 10.2 Å². The van der Waals surface area contributed by atoms with Gasteiger partial charge < -0.3 is 10.1 Å². The van der Waals surface area contributed by atoms with Gasteiger partial charge >= 0.3 is 0 Å². The normalized spacial score (nSPS) is 22.0.